The van der Waals surface area contributed by atoms with Gasteiger partial charge in [-0.05, 0) is 6.07 Å². The summed E-state index contributed by atoms with van der Waals surface area (Å²) in [6.45, 7) is 0.993. The smallest absolute Gasteiger partial charge is 0.195 e. The number of rotatable bonds is 2. The number of nitrogens with one attached hydrogen (secondary N) is 1. The van der Waals surface area contributed by atoms with E-state index in [9.17, 15) is 4.79 Å². The Bertz CT molecular complexity index is 690. The van der Waals surface area contributed by atoms with Gasteiger partial charge < -0.3 is 19.2 Å². The van der Waals surface area contributed by atoms with Crippen molar-refractivity contribution in [3.8, 4) is 11.5 Å². The lowest BCUT2D eigenvalue weighted by molar-refractivity contribution is 0.108. The van der Waals surface area contributed by atoms with E-state index in [-0.39, 0.29) is 5.43 Å². The van der Waals surface area contributed by atoms with Gasteiger partial charge in [0.05, 0.1) is 38.3 Å². The first kappa shape index (κ1) is 12.0. The molecule has 1 aliphatic rings. The standard InChI is InChI=1S/C14H15NO4/c1-17-8-5-9-13(12(6-8)18-2)15-11-3-4-19-7-10(11)14(9)16/h5-6H,3-4,7H2,1-2H3,(H,15,16). The average Bonchev–Trinajstić information content (AvgIpc) is 2.47. The van der Waals surface area contributed by atoms with Crippen LogP contribution in [0.1, 0.15) is 11.3 Å². The van der Waals surface area contributed by atoms with Gasteiger partial charge in [-0.15, -0.1) is 0 Å². The van der Waals surface area contributed by atoms with Crippen LogP contribution in [0.5, 0.6) is 11.5 Å². The summed E-state index contributed by atoms with van der Waals surface area (Å²) in [5.41, 5.74) is 2.34. The number of hydrogen-bond donors (Lipinski definition) is 1. The summed E-state index contributed by atoms with van der Waals surface area (Å²) in [5.74, 6) is 1.22. The van der Waals surface area contributed by atoms with Crippen LogP contribution in [0.3, 0.4) is 0 Å². The lowest BCUT2D eigenvalue weighted by Crippen LogP contribution is -2.21. The number of benzene rings is 1. The van der Waals surface area contributed by atoms with Crippen LogP contribution in [-0.4, -0.2) is 25.8 Å². The number of methoxy groups -OCH3 is 2. The molecule has 0 aliphatic carbocycles. The quantitative estimate of drug-likeness (QED) is 0.892. The molecule has 1 aromatic heterocycles. The third kappa shape index (κ3) is 1.86. The largest absolute Gasteiger partial charge is 0.497 e. The summed E-state index contributed by atoms with van der Waals surface area (Å²) in [6.07, 6.45) is 0.718. The van der Waals surface area contributed by atoms with Crippen molar-refractivity contribution < 1.29 is 14.2 Å². The van der Waals surface area contributed by atoms with Crippen molar-refractivity contribution >= 4 is 10.9 Å². The van der Waals surface area contributed by atoms with Gasteiger partial charge in [-0.1, -0.05) is 0 Å². The zero-order valence-corrected chi connectivity index (χ0v) is 10.9. The van der Waals surface area contributed by atoms with Gasteiger partial charge >= 0.3 is 0 Å². The highest BCUT2D eigenvalue weighted by atomic mass is 16.5. The Hall–Kier alpha value is -2.01. The molecule has 0 fully saturated rings. The maximum Gasteiger partial charge on any atom is 0.195 e. The second-order valence-electron chi connectivity index (χ2n) is 4.47. The minimum Gasteiger partial charge on any atom is -0.497 e. The molecule has 0 atom stereocenters. The summed E-state index contributed by atoms with van der Waals surface area (Å²) in [4.78, 5) is 15.8. The van der Waals surface area contributed by atoms with Crippen molar-refractivity contribution in [3.63, 3.8) is 0 Å². The molecule has 5 nitrogen and oxygen atoms in total. The third-order valence-corrected chi connectivity index (χ3v) is 3.43. The molecule has 2 aromatic rings. The lowest BCUT2D eigenvalue weighted by Gasteiger charge is -2.18. The topological polar surface area (TPSA) is 60.5 Å². The van der Waals surface area contributed by atoms with E-state index in [0.717, 1.165) is 12.1 Å². The molecule has 1 aliphatic heterocycles. The fraction of sp³-hybridized carbons (Fsp3) is 0.357. The van der Waals surface area contributed by atoms with Gasteiger partial charge in [0.15, 0.2) is 5.43 Å². The van der Waals surface area contributed by atoms with Gasteiger partial charge in [0.25, 0.3) is 0 Å². The molecule has 1 aromatic carbocycles. The fourth-order valence-corrected chi connectivity index (χ4v) is 2.42. The molecule has 3 rings (SSSR count). The third-order valence-electron chi connectivity index (χ3n) is 3.43. The first-order valence-electron chi connectivity index (χ1n) is 6.12. The monoisotopic (exact) mass is 261 g/mol. The normalized spacial score (nSPS) is 14.2. The maximum atomic E-state index is 12.5. The van der Waals surface area contributed by atoms with E-state index in [0.29, 0.717) is 41.2 Å². The zero-order valence-electron chi connectivity index (χ0n) is 10.9. The van der Waals surface area contributed by atoms with Crippen LogP contribution in [0.25, 0.3) is 10.9 Å². The van der Waals surface area contributed by atoms with Crippen molar-refractivity contribution in [1.29, 1.82) is 0 Å². The summed E-state index contributed by atoms with van der Waals surface area (Å²) in [6, 6.07) is 3.50. The van der Waals surface area contributed by atoms with Crippen molar-refractivity contribution in [2.24, 2.45) is 0 Å². The van der Waals surface area contributed by atoms with E-state index in [4.69, 9.17) is 14.2 Å². The van der Waals surface area contributed by atoms with Crippen molar-refractivity contribution in [1.82, 2.24) is 4.98 Å². The Kier molecular flexibility index (Phi) is 2.91. The predicted octanol–water partition coefficient (Wildman–Crippen LogP) is 1.62. The van der Waals surface area contributed by atoms with Crippen molar-refractivity contribution in [3.05, 3.63) is 33.6 Å². The molecule has 0 radical (unpaired) electrons. The first-order chi connectivity index (χ1) is 9.24. The average molecular weight is 261 g/mol. The minimum atomic E-state index is -0.0133. The highest BCUT2D eigenvalue weighted by Crippen LogP contribution is 2.29. The molecule has 0 amide bonds. The molecular weight excluding hydrogens is 246 g/mol. The summed E-state index contributed by atoms with van der Waals surface area (Å²) in [7, 11) is 3.14. The van der Waals surface area contributed by atoms with Crippen LogP contribution in [0.4, 0.5) is 0 Å². The number of aromatic amines is 1. The molecule has 0 bridgehead atoms. The van der Waals surface area contributed by atoms with Gasteiger partial charge in [0, 0.05) is 23.7 Å². The van der Waals surface area contributed by atoms with E-state index in [1.165, 1.54) is 0 Å². The molecule has 0 spiro atoms. The van der Waals surface area contributed by atoms with Gasteiger partial charge in [0.2, 0.25) is 0 Å². The second kappa shape index (κ2) is 4.59. The van der Waals surface area contributed by atoms with Gasteiger partial charge in [-0.25, -0.2) is 0 Å². The molecule has 0 saturated carbocycles. The SMILES string of the molecule is COc1cc(OC)c2[nH]c3c(c(=O)c2c1)COCC3. The van der Waals surface area contributed by atoms with Crippen molar-refractivity contribution in [2.75, 3.05) is 20.8 Å². The van der Waals surface area contributed by atoms with Gasteiger partial charge in [0.1, 0.15) is 11.5 Å². The number of fused-ring (bicyclic) bond motifs is 2. The summed E-state index contributed by atoms with van der Waals surface area (Å²) < 4.78 is 15.9. The van der Waals surface area contributed by atoms with Crippen LogP contribution in [0.2, 0.25) is 0 Å². The van der Waals surface area contributed by atoms with E-state index in [1.807, 2.05) is 0 Å². The highest BCUT2D eigenvalue weighted by Gasteiger charge is 2.18. The first-order valence-corrected chi connectivity index (χ1v) is 6.12. The Morgan fingerprint density at radius 2 is 2.11 bits per heavy atom. The number of hydrogen-bond acceptors (Lipinski definition) is 4. The van der Waals surface area contributed by atoms with Crippen LogP contribution in [0, 0.1) is 0 Å². The number of pyridine rings is 1. The van der Waals surface area contributed by atoms with E-state index < -0.39 is 0 Å². The summed E-state index contributed by atoms with van der Waals surface area (Å²) in [5, 5.41) is 0.570. The Labute approximate surface area is 110 Å². The van der Waals surface area contributed by atoms with Crippen molar-refractivity contribution in [2.45, 2.75) is 13.0 Å². The molecule has 19 heavy (non-hydrogen) atoms. The summed E-state index contributed by atoms with van der Waals surface area (Å²) >= 11 is 0. The molecular formula is C14H15NO4. The molecule has 5 heteroatoms. The molecule has 100 valence electrons. The zero-order chi connectivity index (χ0) is 13.4. The minimum absolute atomic E-state index is 0.0133. The van der Waals surface area contributed by atoms with Gasteiger partial charge in [-0.2, -0.15) is 0 Å². The van der Waals surface area contributed by atoms with E-state index in [1.54, 1.807) is 26.4 Å². The second-order valence-corrected chi connectivity index (χ2v) is 4.47. The predicted molar refractivity (Wildman–Crippen MR) is 71.0 cm³/mol. The molecule has 0 unspecified atom stereocenters. The maximum absolute atomic E-state index is 12.5. The van der Waals surface area contributed by atoms with Crippen LogP contribution in [-0.2, 0) is 17.8 Å². The highest BCUT2D eigenvalue weighted by molar-refractivity contribution is 5.87. The Balaban J connectivity index is 2.38. The molecule has 2 heterocycles. The Morgan fingerprint density at radius 3 is 2.84 bits per heavy atom. The Morgan fingerprint density at radius 1 is 1.26 bits per heavy atom. The molecule has 1 N–H and O–H groups in total. The van der Waals surface area contributed by atoms with Gasteiger partial charge in [-0.3, -0.25) is 4.79 Å². The van der Waals surface area contributed by atoms with E-state index in [2.05, 4.69) is 4.98 Å². The van der Waals surface area contributed by atoms with Crippen LogP contribution in [0.15, 0.2) is 16.9 Å². The number of ether oxygens (including phenoxy) is 3. The van der Waals surface area contributed by atoms with Crippen LogP contribution >= 0.6 is 0 Å². The number of H-pyrrole nitrogens is 1. The molecule has 0 saturated heterocycles. The van der Waals surface area contributed by atoms with Crippen LogP contribution < -0.4 is 14.9 Å². The fourth-order valence-electron chi connectivity index (χ4n) is 2.42. The lowest BCUT2D eigenvalue weighted by atomic mass is 10.0. The van der Waals surface area contributed by atoms with E-state index >= 15 is 0 Å². The number of aromatic nitrogens is 1.